The highest BCUT2D eigenvalue weighted by atomic mass is 127. The van der Waals surface area contributed by atoms with Gasteiger partial charge in [0, 0.05) is 3.92 Å². The normalized spacial score (nSPS) is 32.9. The van der Waals surface area contributed by atoms with Crippen LogP contribution in [0.2, 0.25) is 0 Å². The highest BCUT2D eigenvalue weighted by molar-refractivity contribution is 14.1. The molecule has 1 fully saturated rings. The molecule has 1 nitrogen and oxygen atoms in total. The maximum Gasteiger partial charge on any atom is 0.101 e. The van der Waals surface area contributed by atoms with E-state index in [0.717, 1.165) is 24.8 Å². The first kappa shape index (κ1) is 10.4. The van der Waals surface area contributed by atoms with E-state index >= 15 is 0 Å². The summed E-state index contributed by atoms with van der Waals surface area (Å²) in [5.41, 5.74) is 0.499. The van der Waals surface area contributed by atoms with Gasteiger partial charge in [-0.1, -0.05) is 65.8 Å². The average molecular weight is 302 g/mol. The molecule has 0 heterocycles. The number of benzene rings is 1. The maximum atomic E-state index is 10.6. The summed E-state index contributed by atoms with van der Waals surface area (Å²) in [5, 5.41) is 10.6. The predicted octanol–water partition coefficient (Wildman–Crippen LogP) is 3.25. The zero-order valence-electron chi connectivity index (χ0n) is 8.12. The standard InChI is InChI=1S/C12H15IO/c13-11-8-4-5-9-12(11,14)10-6-2-1-3-7-10/h1-3,6-7,11,14H,4-5,8-9H2. The molecule has 0 bridgehead atoms. The van der Waals surface area contributed by atoms with E-state index in [1.807, 2.05) is 30.3 Å². The molecule has 76 valence electrons. The van der Waals surface area contributed by atoms with E-state index in [9.17, 15) is 5.11 Å². The van der Waals surface area contributed by atoms with E-state index in [-0.39, 0.29) is 0 Å². The van der Waals surface area contributed by atoms with Gasteiger partial charge in [0.2, 0.25) is 0 Å². The molecular weight excluding hydrogens is 287 g/mol. The summed E-state index contributed by atoms with van der Waals surface area (Å²) in [4.78, 5) is 0. The van der Waals surface area contributed by atoms with Gasteiger partial charge in [-0.05, 0) is 18.4 Å². The van der Waals surface area contributed by atoms with E-state index in [2.05, 4.69) is 22.6 Å². The molecule has 1 aliphatic carbocycles. The lowest BCUT2D eigenvalue weighted by Crippen LogP contribution is -2.38. The molecule has 0 aliphatic heterocycles. The third kappa shape index (κ3) is 1.82. The SMILES string of the molecule is OC1(c2ccccc2)CCCCC1I. The number of aliphatic hydroxyl groups is 1. The lowest BCUT2D eigenvalue weighted by atomic mass is 9.80. The van der Waals surface area contributed by atoms with Gasteiger partial charge in [-0.15, -0.1) is 0 Å². The molecule has 1 aromatic rings. The van der Waals surface area contributed by atoms with Crippen molar-refractivity contribution in [3.05, 3.63) is 35.9 Å². The van der Waals surface area contributed by atoms with Crippen LogP contribution in [-0.4, -0.2) is 9.03 Å². The molecule has 2 unspecified atom stereocenters. The summed E-state index contributed by atoms with van der Waals surface area (Å²) in [7, 11) is 0. The molecule has 0 radical (unpaired) electrons. The van der Waals surface area contributed by atoms with Gasteiger partial charge in [0.15, 0.2) is 0 Å². The predicted molar refractivity (Wildman–Crippen MR) is 66.6 cm³/mol. The van der Waals surface area contributed by atoms with Crippen LogP contribution >= 0.6 is 22.6 Å². The monoisotopic (exact) mass is 302 g/mol. The van der Waals surface area contributed by atoms with Gasteiger partial charge in [0.05, 0.1) is 0 Å². The second-order valence-electron chi connectivity index (χ2n) is 4.00. The molecule has 0 amide bonds. The van der Waals surface area contributed by atoms with Crippen molar-refractivity contribution in [2.24, 2.45) is 0 Å². The summed E-state index contributed by atoms with van der Waals surface area (Å²) in [6.45, 7) is 0. The Hall–Kier alpha value is -0.0900. The maximum absolute atomic E-state index is 10.6. The average Bonchev–Trinajstić information content (AvgIpc) is 2.24. The molecule has 1 N–H and O–H groups in total. The summed E-state index contributed by atoms with van der Waals surface area (Å²) in [5.74, 6) is 0. The molecule has 0 spiro atoms. The van der Waals surface area contributed by atoms with Crippen LogP contribution < -0.4 is 0 Å². The van der Waals surface area contributed by atoms with Crippen molar-refractivity contribution in [3.63, 3.8) is 0 Å². The minimum Gasteiger partial charge on any atom is -0.384 e. The Bertz CT molecular complexity index is 298. The molecule has 2 heteroatoms. The molecule has 2 rings (SSSR count). The third-order valence-corrected chi connectivity index (χ3v) is 4.71. The van der Waals surface area contributed by atoms with E-state index in [1.165, 1.54) is 6.42 Å². The van der Waals surface area contributed by atoms with Crippen LogP contribution in [0.1, 0.15) is 31.2 Å². The first-order valence-corrected chi connectivity index (χ1v) is 6.40. The largest absolute Gasteiger partial charge is 0.384 e. The van der Waals surface area contributed by atoms with Crippen LogP contribution in [0.3, 0.4) is 0 Å². The van der Waals surface area contributed by atoms with E-state index in [4.69, 9.17) is 0 Å². The zero-order valence-corrected chi connectivity index (χ0v) is 10.3. The van der Waals surface area contributed by atoms with Crippen LogP contribution in [0.25, 0.3) is 0 Å². The van der Waals surface area contributed by atoms with Gasteiger partial charge >= 0.3 is 0 Å². The minimum atomic E-state index is -0.583. The highest BCUT2D eigenvalue weighted by Gasteiger charge is 2.38. The lowest BCUT2D eigenvalue weighted by Gasteiger charge is -2.37. The van der Waals surface area contributed by atoms with Crippen molar-refractivity contribution in [1.29, 1.82) is 0 Å². The second-order valence-corrected chi connectivity index (χ2v) is 5.51. The van der Waals surface area contributed by atoms with Gasteiger partial charge in [0.25, 0.3) is 0 Å². The Labute approximate surface area is 98.7 Å². The molecular formula is C12H15IO. The molecule has 0 saturated heterocycles. The number of rotatable bonds is 1. The first-order chi connectivity index (χ1) is 6.73. The first-order valence-electron chi connectivity index (χ1n) is 5.15. The topological polar surface area (TPSA) is 20.2 Å². The summed E-state index contributed by atoms with van der Waals surface area (Å²) in [6, 6.07) is 10.1. The van der Waals surface area contributed by atoms with Gasteiger partial charge in [-0.2, -0.15) is 0 Å². The van der Waals surface area contributed by atoms with Crippen molar-refractivity contribution >= 4 is 22.6 Å². The Morgan fingerprint density at radius 2 is 1.93 bits per heavy atom. The van der Waals surface area contributed by atoms with Gasteiger partial charge in [0.1, 0.15) is 5.60 Å². The van der Waals surface area contributed by atoms with Gasteiger partial charge < -0.3 is 5.11 Å². The van der Waals surface area contributed by atoms with E-state index in [1.54, 1.807) is 0 Å². The van der Waals surface area contributed by atoms with Crippen LogP contribution in [0.5, 0.6) is 0 Å². The van der Waals surface area contributed by atoms with Crippen molar-refractivity contribution in [2.75, 3.05) is 0 Å². The Morgan fingerprint density at radius 3 is 2.57 bits per heavy atom. The third-order valence-electron chi connectivity index (χ3n) is 3.06. The smallest absolute Gasteiger partial charge is 0.101 e. The van der Waals surface area contributed by atoms with Gasteiger partial charge in [-0.3, -0.25) is 0 Å². The van der Waals surface area contributed by atoms with Crippen LogP contribution in [0.4, 0.5) is 0 Å². The zero-order chi connectivity index (χ0) is 10.0. The second kappa shape index (κ2) is 4.19. The molecule has 1 aliphatic rings. The van der Waals surface area contributed by atoms with E-state index in [0.29, 0.717) is 3.92 Å². The summed E-state index contributed by atoms with van der Waals surface area (Å²) < 4.78 is 0.358. The van der Waals surface area contributed by atoms with Crippen molar-refractivity contribution in [2.45, 2.75) is 35.2 Å². The molecule has 2 atom stereocenters. The Kier molecular flexibility index (Phi) is 3.12. The van der Waals surface area contributed by atoms with Crippen molar-refractivity contribution in [1.82, 2.24) is 0 Å². The van der Waals surface area contributed by atoms with Gasteiger partial charge in [-0.25, -0.2) is 0 Å². The number of halogens is 1. The summed E-state index contributed by atoms with van der Waals surface area (Å²) in [6.07, 6.45) is 4.43. The van der Waals surface area contributed by atoms with Crippen LogP contribution in [0.15, 0.2) is 30.3 Å². The highest BCUT2D eigenvalue weighted by Crippen LogP contribution is 2.41. The fourth-order valence-corrected chi connectivity index (χ4v) is 3.28. The summed E-state index contributed by atoms with van der Waals surface area (Å²) >= 11 is 2.39. The van der Waals surface area contributed by atoms with E-state index < -0.39 is 5.60 Å². The fourth-order valence-electron chi connectivity index (χ4n) is 2.17. The Morgan fingerprint density at radius 1 is 1.21 bits per heavy atom. The van der Waals surface area contributed by atoms with Crippen LogP contribution in [-0.2, 0) is 5.60 Å². The molecule has 1 saturated carbocycles. The van der Waals surface area contributed by atoms with Crippen molar-refractivity contribution < 1.29 is 5.11 Å². The molecule has 0 aromatic heterocycles. The molecule has 14 heavy (non-hydrogen) atoms. The quantitative estimate of drug-likeness (QED) is 0.623. The molecule has 1 aromatic carbocycles. The lowest BCUT2D eigenvalue weighted by molar-refractivity contribution is 0.0111. The number of hydrogen-bond donors (Lipinski definition) is 1. The van der Waals surface area contributed by atoms with Crippen LogP contribution in [0, 0.1) is 0 Å². The number of alkyl halides is 1. The Balaban J connectivity index is 2.30. The van der Waals surface area contributed by atoms with Crippen molar-refractivity contribution in [3.8, 4) is 0 Å². The fraction of sp³-hybridized carbons (Fsp3) is 0.500. The number of hydrogen-bond acceptors (Lipinski definition) is 1. The minimum absolute atomic E-state index is 0.358.